The Morgan fingerprint density at radius 1 is 1.08 bits per heavy atom. The lowest BCUT2D eigenvalue weighted by atomic mass is 9.82. The van der Waals surface area contributed by atoms with Gasteiger partial charge in [0.2, 0.25) is 5.82 Å². The second-order valence-corrected chi connectivity index (χ2v) is 9.82. The monoisotopic (exact) mass is 499 g/mol. The number of tetrazole rings is 1. The van der Waals surface area contributed by atoms with Gasteiger partial charge in [0.25, 0.3) is 0 Å². The molecule has 1 N–H and O–H groups in total. The summed E-state index contributed by atoms with van der Waals surface area (Å²) in [6, 6.07) is 9.56. The second kappa shape index (κ2) is 11.0. The summed E-state index contributed by atoms with van der Waals surface area (Å²) in [6.07, 6.45) is 11.7. The molecule has 0 saturated heterocycles. The van der Waals surface area contributed by atoms with Gasteiger partial charge in [-0.1, -0.05) is 51.0 Å². The van der Waals surface area contributed by atoms with Gasteiger partial charge in [0.1, 0.15) is 0 Å². The van der Waals surface area contributed by atoms with Crippen LogP contribution >= 0.6 is 0 Å². The van der Waals surface area contributed by atoms with Gasteiger partial charge in [-0.2, -0.15) is 5.21 Å². The summed E-state index contributed by atoms with van der Waals surface area (Å²) >= 11 is 0. The average molecular weight is 500 g/mol. The first-order chi connectivity index (χ1) is 18.1. The number of aromatic amines is 1. The molecule has 0 radical (unpaired) electrons. The van der Waals surface area contributed by atoms with Crippen LogP contribution in [-0.2, 0) is 17.8 Å². The number of rotatable bonds is 9. The number of benzene rings is 1. The number of aromatic nitrogens is 7. The molecular weight excluding hydrogens is 466 g/mol. The largest absolute Gasteiger partial charge is 0.329 e. The van der Waals surface area contributed by atoms with Crippen LogP contribution in [0.15, 0.2) is 53.7 Å². The normalized spacial score (nSPS) is 17.8. The third-order valence-electron chi connectivity index (χ3n) is 7.50. The van der Waals surface area contributed by atoms with Crippen LogP contribution in [0.1, 0.15) is 69.7 Å². The Bertz CT molecular complexity index is 1400. The van der Waals surface area contributed by atoms with E-state index in [1.807, 2.05) is 47.3 Å². The van der Waals surface area contributed by atoms with Crippen molar-refractivity contribution in [2.45, 2.75) is 71.4 Å². The van der Waals surface area contributed by atoms with E-state index in [0.29, 0.717) is 18.8 Å². The van der Waals surface area contributed by atoms with Crippen LogP contribution in [0.3, 0.4) is 0 Å². The van der Waals surface area contributed by atoms with Crippen molar-refractivity contribution >= 4 is 5.78 Å². The molecule has 0 amide bonds. The number of carbonyl (C=O) groups is 1. The topological polar surface area (TPSA) is 111 Å². The van der Waals surface area contributed by atoms with Crippen LogP contribution in [0, 0.1) is 5.92 Å². The number of Topliss-reactive ketones (excluding diaryl/α,β-unsaturated/α-hetero) is 1. The van der Waals surface area contributed by atoms with Gasteiger partial charge in [0.05, 0.1) is 12.6 Å². The lowest BCUT2D eigenvalue weighted by Crippen LogP contribution is -2.37. The standard InChI is InChI=1S/C28H33N7O2/c1-3-5-8-23-18-35(26-19(4-2)7-6-9-25(26)36)28(37)34(23)17-22-16-29-15-14-24(22)20-10-12-21(13-11-20)27-30-32-33-31-27/h10-16,18-19,26H,3-9,17H2,1-2H3,(H,30,31,32,33). The van der Waals surface area contributed by atoms with E-state index in [-0.39, 0.29) is 23.4 Å². The van der Waals surface area contributed by atoms with Crippen molar-refractivity contribution in [3.8, 4) is 22.5 Å². The smallest absolute Gasteiger partial charge is 0.297 e. The van der Waals surface area contributed by atoms with Gasteiger partial charge in [0, 0.05) is 36.3 Å². The number of H-pyrrole nitrogens is 1. The third-order valence-corrected chi connectivity index (χ3v) is 7.50. The lowest BCUT2D eigenvalue weighted by molar-refractivity contribution is -0.126. The highest BCUT2D eigenvalue weighted by Gasteiger charge is 2.34. The van der Waals surface area contributed by atoms with Crippen molar-refractivity contribution in [3.05, 3.63) is 70.7 Å². The first-order valence-electron chi connectivity index (χ1n) is 13.2. The van der Waals surface area contributed by atoms with Crippen LogP contribution in [-0.4, -0.2) is 40.5 Å². The predicted molar refractivity (Wildman–Crippen MR) is 141 cm³/mol. The fourth-order valence-corrected chi connectivity index (χ4v) is 5.48. The van der Waals surface area contributed by atoms with E-state index in [1.165, 1.54) is 0 Å². The summed E-state index contributed by atoms with van der Waals surface area (Å²) in [5.74, 6) is 0.932. The maximum Gasteiger partial charge on any atom is 0.329 e. The third kappa shape index (κ3) is 5.03. The summed E-state index contributed by atoms with van der Waals surface area (Å²) in [5, 5.41) is 14.2. The Hall–Kier alpha value is -3.88. The van der Waals surface area contributed by atoms with Crippen molar-refractivity contribution in [2.24, 2.45) is 5.92 Å². The van der Waals surface area contributed by atoms with E-state index in [4.69, 9.17) is 0 Å². The number of hydrogen-bond acceptors (Lipinski definition) is 6. The molecule has 1 fully saturated rings. The number of unbranched alkanes of at least 4 members (excludes halogenated alkanes) is 1. The van der Waals surface area contributed by atoms with Crippen molar-refractivity contribution in [1.29, 1.82) is 0 Å². The minimum atomic E-state index is -0.362. The van der Waals surface area contributed by atoms with Gasteiger partial charge in [-0.25, -0.2) is 4.79 Å². The van der Waals surface area contributed by atoms with Gasteiger partial charge in [-0.05, 0) is 59.6 Å². The van der Waals surface area contributed by atoms with E-state index in [2.05, 4.69) is 39.5 Å². The van der Waals surface area contributed by atoms with Crippen LogP contribution in [0.4, 0.5) is 0 Å². The molecule has 5 rings (SSSR count). The number of carbonyl (C=O) groups excluding carboxylic acids is 1. The highest BCUT2D eigenvalue weighted by molar-refractivity contribution is 5.83. The van der Waals surface area contributed by atoms with E-state index >= 15 is 0 Å². The Balaban J connectivity index is 1.51. The van der Waals surface area contributed by atoms with Crippen LogP contribution in [0.25, 0.3) is 22.5 Å². The molecule has 1 aromatic carbocycles. The van der Waals surface area contributed by atoms with E-state index in [0.717, 1.165) is 66.5 Å². The van der Waals surface area contributed by atoms with Crippen LogP contribution in [0.2, 0.25) is 0 Å². The molecular formula is C28H33N7O2. The molecule has 1 aliphatic carbocycles. The molecule has 0 bridgehead atoms. The van der Waals surface area contributed by atoms with Gasteiger partial charge in [0.15, 0.2) is 5.78 Å². The highest BCUT2D eigenvalue weighted by atomic mass is 16.2. The summed E-state index contributed by atoms with van der Waals surface area (Å²) in [7, 11) is 0. The van der Waals surface area contributed by atoms with Crippen LogP contribution < -0.4 is 5.69 Å². The predicted octanol–water partition coefficient (Wildman–Crippen LogP) is 4.60. The molecule has 3 aromatic heterocycles. The molecule has 0 spiro atoms. The summed E-state index contributed by atoms with van der Waals surface area (Å²) in [4.78, 5) is 31.2. The minimum Gasteiger partial charge on any atom is -0.297 e. The number of aryl methyl sites for hydroxylation is 1. The molecule has 192 valence electrons. The van der Waals surface area contributed by atoms with Gasteiger partial charge in [-0.15, -0.1) is 10.2 Å². The fraction of sp³-hybridized carbons (Fsp3) is 0.429. The number of pyridine rings is 1. The van der Waals surface area contributed by atoms with Gasteiger partial charge >= 0.3 is 5.69 Å². The SMILES string of the molecule is CCCCc1cn(C2C(=O)CCCC2CC)c(=O)n1Cc1cnccc1-c1ccc(-c2nn[nH]n2)cc1. The van der Waals surface area contributed by atoms with Crippen molar-refractivity contribution in [3.63, 3.8) is 0 Å². The van der Waals surface area contributed by atoms with Crippen LogP contribution in [0.5, 0.6) is 0 Å². The fourth-order valence-electron chi connectivity index (χ4n) is 5.48. The first-order valence-corrected chi connectivity index (χ1v) is 13.2. The molecule has 2 unspecified atom stereocenters. The Morgan fingerprint density at radius 3 is 2.62 bits per heavy atom. The number of imidazole rings is 1. The number of nitrogens with zero attached hydrogens (tertiary/aromatic N) is 6. The maximum absolute atomic E-state index is 13.8. The Labute approximate surface area is 216 Å². The maximum atomic E-state index is 13.8. The first kappa shape index (κ1) is 24.8. The molecule has 4 aromatic rings. The average Bonchev–Trinajstić information content (AvgIpc) is 3.57. The van der Waals surface area contributed by atoms with E-state index < -0.39 is 0 Å². The number of hydrogen-bond donors (Lipinski definition) is 1. The van der Waals surface area contributed by atoms with Crippen molar-refractivity contribution in [2.75, 3.05) is 0 Å². The molecule has 9 nitrogen and oxygen atoms in total. The lowest BCUT2D eigenvalue weighted by Gasteiger charge is -2.29. The minimum absolute atomic E-state index is 0.105. The Kier molecular flexibility index (Phi) is 7.39. The summed E-state index contributed by atoms with van der Waals surface area (Å²) in [5.41, 5.74) is 4.71. The molecule has 0 aliphatic heterocycles. The zero-order valence-corrected chi connectivity index (χ0v) is 21.4. The number of nitrogens with one attached hydrogen (secondary N) is 1. The van der Waals surface area contributed by atoms with Crippen molar-refractivity contribution in [1.82, 2.24) is 34.7 Å². The zero-order chi connectivity index (χ0) is 25.8. The highest BCUT2D eigenvalue weighted by Crippen LogP contribution is 2.33. The van der Waals surface area contributed by atoms with Gasteiger partial charge < -0.3 is 0 Å². The molecule has 3 heterocycles. The van der Waals surface area contributed by atoms with Gasteiger partial charge in [-0.3, -0.25) is 18.9 Å². The molecule has 37 heavy (non-hydrogen) atoms. The summed E-state index contributed by atoms with van der Waals surface area (Å²) in [6.45, 7) is 4.66. The second-order valence-electron chi connectivity index (χ2n) is 9.82. The molecule has 1 saturated carbocycles. The molecule has 1 aliphatic rings. The number of ketones is 1. The van der Waals surface area contributed by atoms with Crippen molar-refractivity contribution < 1.29 is 4.79 Å². The van der Waals surface area contributed by atoms with E-state index in [1.54, 1.807) is 10.8 Å². The zero-order valence-electron chi connectivity index (χ0n) is 21.4. The van der Waals surface area contributed by atoms with E-state index in [9.17, 15) is 9.59 Å². The Morgan fingerprint density at radius 2 is 1.89 bits per heavy atom. The summed E-state index contributed by atoms with van der Waals surface area (Å²) < 4.78 is 3.58. The molecule has 9 heteroatoms. The quantitative estimate of drug-likeness (QED) is 0.360. The molecule has 2 atom stereocenters.